The van der Waals surface area contributed by atoms with Gasteiger partial charge < -0.3 is 0 Å². The summed E-state index contributed by atoms with van der Waals surface area (Å²) in [5.41, 5.74) is 0. The zero-order chi connectivity index (χ0) is 8.43. The fraction of sp³-hybridized carbons (Fsp3) is 1.00. The van der Waals surface area contributed by atoms with E-state index >= 15 is 0 Å². The predicted molar refractivity (Wildman–Crippen MR) is 50.5 cm³/mol. The smallest absolute Gasteiger partial charge is 0.0360 e. The van der Waals surface area contributed by atoms with E-state index in [2.05, 4.69) is 27.7 Å². The lowest BCUT2D eigenvalue weighted by Crippen LogP contribution is -1.98. The predicted octanol–water partition coefficient (Wildman–Crippen LogP) is 3.71. The molecule has 1 fully saturated rings. The molecule has 0 heteroatoms. The Bertz CT molecular complexity index is 115. The van der Waals surface area contributed by atoms with Crippen molar-refractivity contribution in [2.75, 3.05) is 0 Å². The first-order valence-electron chi connectivity index (χ1n) is 5.15. The molecule has 0 aromatic carbocycles. The van der Waals surface area contributed by atoms with Crippen LogP contribution in [0.25, 0.3) is 0 Å². The first kappa shape index (κ1) is 9.09. The van der Waals surface area contributed by atoms with Crippen LogP contribution < -0.4 is 0 Å². The van der Waals surface area contributed by atoms with Gasteiger partial charge in [-0.05, 0) is 36.5 Å². The molecule has 0 heterocycles. The van der Waals surface area contributed by atoms with Crippen LogP contribution in [-0.2, 0) is 0 Å². The summed E-state index contributed by atoms with van der Waals surface area (Å²) >= 11 is 0. The molecule has 0 bridgehead atoms. The number of hydrogen-bond donors (Lipinski definition) is 0. The molecule has 0 N–H and O–H groups in total. The molecule has 1 rings (SSSR count). The van der Waals surface area contributed by atoms with Gasteiger partial charge in [0.15, 0.2) is 0 Å². The monoisotopic (exact) mass is 154 g/mol. The lowest BCUT2D eigenvalue weighted by Gasteiger charge is -2.08. The standard InChI is InChI=1S/C11H22/c1-5-9(4)6-10-7-11(10)8(2)3/h8-11H,5-7H2,1-4H3. The molecule has 0 aliphatic heterocycles. The molecular weight excluding hydrogens is 132 g/mol. The van der Waals surface area contributed by atoms with Gasteiger partial charge in [0.05, 0.1) is 0 Å². The largest absolute Gasteiger partial charge is 0.0651 e. The van der Waals surface area contributed by atoms with Crippen molar-refractivity contribution < 1.29 is 0 Å². The van der Waals surface area contributed by atoms with Gasteiger partial charge in [0.25, 0.3) is 0 Å². The summed E-state index contributed by atoms with van der Waals surface area (Å²) in [4.78, 5) is 0. The summed E-state index contributed by atoms with van der Waals surface area (Å²) < 4.78 is 0. The van der Waals surface area contributed by atoms with Gasteiger partial charge in [-0.1, -0.05) is 34.1 Å². The molecule has 3 atom stereocenters. The quantitative estimate of drug-likeness (QED) is 0.579. The van der Waals surface area contributed by atoms with Crippen molar-refractivity contribution in [3.05, 3.63) is 0 Å². The van der Waals surface area contributed by atoms with E-state index in [0.29, 0.717) is 0 Å². The molecule has 1 saturated carbocycles. The van der Waals surface area contributed by atoms with Crippen LogP contribution in [0.3, 0.4) is 0 Å². The first-order chi connectivity index (χ1) is 5.15. The Balaban J connectivity index is 2.13. The summed E-state index contributed by atoms with van der Waals surface area (Å²) in [5, 5.41) is 0. The van der Waals surface area contributed by atoms with Crippen LogP contribution in [0.15, 0.2) is 0 Å². The fourth-order valence-corrected chi connectivity index (χ4v) is 2.04. The van der Waals surface area contributed by atoms with Crippen LogP contribution in [0.1, 0.15) is 47.0 Å². The van der Waals surface area contributed by atoms with E-state index in [1.165, 1.54) is 19.3 Å². The summed E-state index contributed by atoms with van der Waals surface area (Å²) in [6, 6.07) is 0. The zero-order valence-corrected chi connectivity index (χ0v) is 8.43. The third kappa shape index (κ3) is 2.50. The van der Waals surface area contributed by atoms with E-state index in [4.69, 9.17) is 0 Å². The van der Waals surface area contributed by atoms with E-state index in [1.807, 2.05) is 0 Å². The van der Waals surface area contributed by atoms with Crippen LogP contribution in [-0.4, -0.2) is 0 Å². The first-order valence-corrected chi connectivity index (χ1v) is 5.15. The molecule has 1 aliphatic rings. The molecule has 66 valence electrons. The van der Waals surface area contributed by atoms with Crippen LogP contribution in [0.2, 0.25) is 0 Å². The Morgan fingerprint density at radius 3 is 2.27 bits per heavy atom. The molecule has 0 aromatic rings. The van der Waals surface area contributed by atoms with Gasteiger partial charge in [-0.2, -0.15) is 0 Å². The van der Waals surface area contributed by atoms with Crippen molar-refractivity contribution in [3.63, 3.8) is 0 Å². The Labute approximate surface area is 71.4 Å². The molecule has 0 saturated heterocycles. The maximum absolute atomic E-state index is 2.38. The highest BCUT2D eigenvalue weighted by Crippen LogP contribution is 2.47. The van der Waals surface area contributed by atoms with E-state index in [9.17, 15) is 0 Å². The van der Waals surface area contributed by atoms with E-state index < -0.39 is 0 Å². The van der Waals surface area contributed by atoms with Crippen molar-refractivity contribution in [1.29, 1.82) is 0 Å². The van der Waals surface area contributed by atoms with Crippen LogP contribution in [0.4, 0.5) is 0 Å². The molecular formula is C11H22. The fourth-order valence-electron chi connectivity index (χ4n) is 2.04. The highest BCUT2D eigenvalue weighted by molar-refractivity contribution is 4.88. The second kappa shape index (κ2) is 3.60. The van der Waals surface area contributed by atoms with E-state index in [1.54, 1.807) is 0 Å². The minimum Gasteiger partial charge on any atom is -0.0651 e. The number of rotatable bonds is 4. The van der Waals surface area contributed by atoms with Gasteiger partial charge in [0.1, 0.15) is 0 Å². The lowest BCUT2D eigenvalue weighted by molar-refractivity contribution is 0.429. The molecule has 0 aromatic heterocycles. The second-order valence-electron chi connectivity index (χ2n) is 4.65. The van der Waals surface area contributed by atoms with Gasteiger partial charge in [-0.25, -0.2) is 0 Å². The van der Waals surface area contributed by atoms with Crippen molar-refractivity contribution >= 4 is 0 Å². The Kier molecular flexibility index (Phi) is 2.98. The minimum absolute atomic E-state index is 0.934. The van der Waals surface area contributed by atoms with Crippen molar-refractivity contribution in [2.45, 2.75) is 47.0 Å². The second-order valence-corrected chi connectivity index (χ2v) is 4.65. The van der Waals surface area contributed by atoms with Crippen molar-refractivity contribution in [2.24, 2.45) is 23.7 Å². The topological polar surface area (TPSA) is 0 Å². The van der Waals surface area contributed by atoms with Crippen molar-refractivity contribution in [3.8, 4) is 0 Å². The summed E-state index contributed by atoms with van der Waals surface area (Å²) in [6.45, 7) is 9.41. The van der Waals surface area contributed by atoms with Gasteiger partial charge in [-0.15, -0.1) is 0 Å². The molecule has 0 nitrogen and oxygen atoms in total. The third-order valence-corrected chi connectivity index (χ3v) is 3.24. The lowest BCUT2D eigenvalue weighted by atomic mass is 9.98. The van der Waals surface area contributed by atoms with E-state index in [-0.39, 0.29) is 0 Å². The van der Waals surface area contributed by atoms with Crippen LogP contribution >= 0.6 is 0 Å². The summed E-state index contributed by atoms with van der Waals surface area (Å²) in [5.74, 6) is 4.06. The highest BCUT2D eigenvalue weighted by atomic mass is 14.4. The number of hydrogen-bond acceptors (Lipinski definition) is 0. The van der Waals surface area contributed by atoms with E-state index in [0.717, 1.165) is 23.7 Å². The average Bonchev–Trinajstić information content (AvgIpc) is 2.67. The summed E-state index contributed by atoms with van der Waals surface area (Å²) in [7, 11) is 0. The molecule has 3 unspecified atom stereocenters. The summed E-state index contributed by atoms with van der Waals surface area (Å²) in [6.07, 6.45) is 4.36. The molecule has 0 spiro atoms. The SMILES string of the molecule is CCC(C)CC1CC1C(C)C. The molecule has 0 amide bonds. The Morgan fingerprint density at radius 2 is 1.91 bits per heavy atom. The third-order valence-electron chi connectivity index (χ3n) is 3.24. The molecule has 1 aliphatic carbocycles. The Hall–Kier alpha value is 0. The molecule has 0 radical (unpaired) electrons. The van der Waals surface area contributed by atoms with Gasteiger partial charge in [0.2, 0.25) is 0 Å². The zero-order valence-electron chi connectivity index (χ0n) is 8.43. The maximum atomic E-state index is 2.38. The average molecular weight is 154 g/mol. The highest BCUT2D eigenvalue weighted by Gasteiger charge is 2.38. The minimum atomic E-state index is 0.934. The van der Waals surface area contributed by atoms with Gasteiger partial charge in [0, 0.05) is 0 Å². The van der Waals surface area contributed by atoms with Gasteiger partial charge >= 0.3 is 0 Å². The van der Waals surface area contributed by atoms with Gasteiger partial charge in [-0.3, -0.25) is 0 Å². The van der Waals surface area contributed by atoms with Crippen LogP contribution in [0, 0.1) is 23.7 Å². The maximum Gasteiger partial charge on any atom is -0.0360 e. The normalized spacial score (nSPS) is 32.5. The Morgan fingerprint density at radius 1 is 1.27 bits per heavy atom. The molecule has 11 heavy (non-hydrogen) atoms. The van der Waals surface area contributed by atoms with Crippen LogP contribution in [0.5, 0.6) is 0 Å². The van der Waals surface area contributed by atoms with Crippen molar-refractivity contribution in [1.82, 2.24) is 0 Å².